The van der Waals surface area contributed by atoms with Gasteiger partial charge in [-0.15, -0.1) is 6.58 Å². The fourth-order valence-corrected chi connectivity index (χ4v) is 0.699. The highest BCUT2D eigenvalue weighted by atomic mass is 32.1. The fraction of sp³-hybridized carbons (Fsp3) is 0.200. The van der Waals surface area contributed by atoms with Crippen LogP contribution >= 0.6 is 12.2 Å². The van der Waals surface area contributed by atoms with E-state index < -0.39 is 0 Å². The summed E-state index contributed by atoms with van der Waals surface area (Å²) in [5.74, 6) is 0.829. The van der Waals surface area contributed by atoms with E-state index in [2.05, 4.69) is 21.8 Å². The van der Waals surface area contributed by atoms with Crippen molar-refractivity contribution >= 4 is 12.2 Å². The Morgan fingerprint density at radius 2 is 2.44 bits per heavy atom. The Balaban J connectivity index is 2.84. The van der Waals surface area contributed by atoms with Gasteiger partial charge in [-0.05, 0) is 12.2 Å². The predicted octanol–water partition coefficient (Wildman–Crippen LogP) is 1.20. The topological polar surface area (TPSA) is 44.5 Å². The second-order valence-electron chi connectivity index (χ2n) is 1.61. The third kappa shape index (κ3) is 1.50. The van der Waals surface area contributed by atoms with E-state index >= 15 is 0 Å². The highest BCUT2D eigenvalue weighted by Gasteiger charge is 1.88. The summed E-state index contributed by atoms with van der Waals surface area (Å²) in [6.45, 7) is 3.56. The number of hydrogen-bond donors (Lipinski definition) is 2. The smallest absolute Gasteiger partial charge is 0.213 e. The molecule has 4 heteroatoms. The molecule has 0 aromatic carbocycles. The molecular formula is C5H7N3S. The molecule has 1 rings (SSSR count). The van der Waals surface area contributed by atoms with Gasteiger partial charge in [-0.25, -0.2) is 4.98 Å². The number of rotatable bonds is 2. The molecule has 48 valence electrons. The average molecular weight is 141 g/mol. The van der Waals surface area contributed by atoms with Gasteiger partial charge >= 0.3 is 0 Å². The number of aromatic amines is 2. The van der Waals surface area contributed by atoms with Crippen molar-refractivity contribution in [2.45, 2.75) is 6.42 Å². The molecule has 0 aliphatic carbocycles. The number of nitrogens with one attached hydrogen (secondary N) is 2. The van der Waals surface area contributed by atoms with Crippen molar-refractivity contribution < 1.29 is 0 Å². The van der Waals surface area contributed by atoms with E-state index in [1.807, 2.05) is 0 Å². The minimum absolute atomic E-state index is 0.492. The van der Waals surface area contributed by atoms with E-state index in [9.17, 15) is 0 Å². The van der Waals surface area contributed by atoms with Crippen LogP contribution in [-0.4, -0.2) is 15.2 Å². The predicted molar refractivity (Wildman–Crippen MR) is 37.7 cm³/mol. The van der Waals surface area contributed by atoms with E-state index in [0.717, 1.165) is 12.2 Å². The quantitative estimate of drug-likeness (QED) is 0.480. The van der Waals surface area contributed by atoms with Gasteiger partial charge in [0, 0.05) is 6.42 Å². The maximum absolute atomic E-state index is 4.71. The Bertz CT molecular complexity index is 247. The molecule has 1 heterocycles. The average Bonchev–Trinajstić information content (AvgIpc) is 2.17. The highest BCUT2D eigenvalue weighted by molar-refractivity contribution is 7.71. The molecular weight excluding hydrogens is 134 g/mol. The maximum atomic E-state index is 4.71. The normalized spacial score (nSPS) is 9.33. The second kappa shape index (κ2) is 2.59. The molecule has 2 N–H and O–H groups in total. The molecule has 0 aliphatic heterocycles. The first-order chi connectivity index (χ1) is 4.33. The van der Waals surface area contributed by atoms with Crippen LogP contribution in [0.3, 0.4) is 0 Å². The van der Waals surface area contributed by atoms with E-state index in [4.69, 9.17) is 12.2 Å². The van der Waals surface area contributed by atoms with Gasteiger partial charge in [-0.1, -0.05) is 6.08 Å². The van der Waals surface area contributed by atoms with Crippen molar-refractivity contribution in [2.75, 3.05) is 0 Å². The largest absolute Gasteiger partial charge is 0.285 e. The monoisotopic (exact) mass is 141 g/mol. The van der Waals surface area contributed by atoms with E-state index in [0.29, 0.717) is 4.77 Å². The molecule has 0 radical (unpaired) electrons. The molecule has 0 bridgehead atoms. The van der Waals surface area contributed by atoms with Crippen LogP contribution in [0.1, 0.15) is 5.82 Å². The Labute approximate surface area is 57.8 Å². The van der Waals surface area contributed by atoms with Crippen LogP contribution in [-0.2, 0) is 6.42 Å². The van der Waals surface area contributed by atoms with Crippen molar-refractivity contribution in [3.8, 4) is 0 Å². The second-order valence-corrected chi connectivity index (χ2v) is 1.99. The molecule has 0 saturated heterocycles. The van der Waals surface area contributed by atoms with Crippen LogP contribution in [0.25, 0.3) is 0 Å². The lowest BCUT2D eigenvalue weighted by molar-refractivity contribution is 0.991. The van der Waals surface area contributed by atoms with Crippen LogP contribution in [0.4, 0.5) is 0 Å². The van der Waals surface area contributed by atoms with Gasteiger partial charge in [-0.3, -0.25) is 10.2 Å². The third-order valence-electron chi connectivity index (χ3n) is 0.888. The van der Waals surface area contributed by atoms with E-state index in [1.54, 1.807) is 6.08 Å². The lowest BCUT2D eigenvalue weighted by atomic mass is 10.4. The minimum atomic E-state index is 0.492. The summed E-state index contributed by atoms with van der Waals surface area (Å²) in [5.41, 5.74) is 0. The van der Waals surface area contributed by atoms with Gasteiger partial charge in [0.15, 0.2) is 0 Å². The summed E-state index contributed by atoms with van der Waals surface area (Å²) < 4.78 is 0.492. The Morgan fingerprint density at radius 3 is 2.89 bits per heavy atom. The van der Waals surface area contributed by atoms with Crippen LogP contribution in [0.2, 0.25) is 0 Å². The molecule has 0 unspecified atom stereocenters. The molecule has 0 fully saturated rings. The summed E-state index contributed by atoms with van der Waals surface area (Å²) in [6.07, 6.45) is 2.49. The van der Waals surface area contributed by atoms with Crippen LogP contribution in [0.5, 0.6) is 0 Å². The highest BCUT2D eigenvalue weighted by Crippen LogP contribution is 1.88. The van der Waals surface area contributed by atoms with Gasteiger partial charge in [0.2, 0.25) is 4.77 Å². The number of nitrogens with zero attached hydrogens (tertiary/aromatic N) is 1. The first-order valence-corrected chi connectivity index (χ1v) is 2.98. The first kappa shape index (κ1) is 6.22. The Morgan fingerprint density at radius 1 is 1.67 bits per heavy atom. The van der Waals surface area contributed by atoms with Crippen LogP contribution in [0, 0.1) is 4.77 Å². The molecule has 3 nitrogen and oxygen atoms in total. The minimum Gasteiger partial charge on any atom is -0.285 e. The van der Waals surface area contributed by atoms with Gasteiger partial charge in [0.1, 0.15) is 5.82 Å². The van der Waals surface area contributed by atoms with Crippen molar-refractivity contribution in [3.05, 3.63) is 23.3 Å². The molecule has 0 amide bonds. The SMILES string of the molecule is C=CCc1nc(=S)[nH][nH]1. The summed E-state index contributed by atoms with van der Waals surface area (Å²) >= 11 is 4.71. The molecule has 9 heavy (non-hydrogen) atoms. The lowest BCUT2D eigenvalue weighted by Gasteiger charge is -1.80. The van der Waals surface area contributed by atoms with Gasteiger partial charge in [0.25, 0.3) is 0 Å². The number of aromatic nitrogens is 3. The summed E-state index contributed by atoms with van der Waals surface area (Å²) in [4.78, 5) is 3.93. The van der Waals surface area contributed by atoms with Crippen molar-refractivity contribution in [2.24, 2.45) is 0 Å². The molecule has 0 spiro atoms. The summed E-state index contributed by atoms with van der Waals surface area (Å²) in [6, 6.07) is 0. The number of hydrogen-bond acceptors (Lipinski definition) is 2. The van der Waals surface area contributed by atoms with E-state index in [1.165, 1.54) is 0 Å². The maximum Gasteiger partial charge on any atom is 0.213 e. The van der Waals surface area contributed by atoms with Gasteiger partial charge in [-0.2, -0.15) is 0 Å². The van der Waals surface area contributed by atoms with Gasteiger partial charge in [0.05, 0.1) is 0 Å². The zero-order valence-electron chi connectivity index (χ0n) is 4.85. The lowest BCUT2D eigenvalue weighted by Crippen LogP contribution is -1.81. The first-order valence-electron chi connectivity index (χ1n) is 2.57. The zero-order chi connectivity index (χ0) is 6.69. The fourth-order valence-electron chi connectivity index (χ4n) is 0.537. The Hall–Kier alpha value is -0.900. The van der Waals surface area contributed by atoms with E-state index in [-0.39, 0.29) is 0 Å². The summed E-state index contributed by atoms with van der Waals surface area (Å²) in [7, 11) is 0. The van der Waals surface area contributed by atoms with Gasteiger partial charge < -0.3 is 0 Å². The molecule has 0 saturated carbocycles. The summed E-state index contributed by atoms with van der Waals surface area (Å²) in [5, 5.41) is 5.48. The molecule has 0 aliphatic rings. The van der Waals surface area contributed by atoms with Crippen molar-refractivity contribution in [1.82, 2.24) is 15.2 Å². The third-order valence-corrected chi connectivity index (χ3v) is 1.08. The van der Waals surface area contributed by atoms with Crippen LogP contribution in [0.15, 0.2) is 12.7 Å². The molecule has 1 aromatic heterocycles. The Kier molecular flexibility index (Phi) is 1.79. The molecule has 1 aromatic rings. The van der Waals surface area contributed by atoms with Crippen LogP contribution < -0.4 is 0 Å². The van der Waals surface area contributed by atoms with Crippen molar-refractivity contribution in [3.63, 3.8) is 0 Å². The standard InChI is InChI=1S/C5H7N3S/c1-2-3-4-6-5(9)8-7-4/h2H,1,3H2,(H2,6,7,8,9). The molecule has 0 atom stereocenters. The number of allylic oxidation sites excluding steroid dienone is 1. The zero-order valence-corrected chi connectivity index (χ0v) is 5.66. The van der Waals surface area contributed by atoms with Crippen molar-refractivity contribution in [1.29, 1.82) is 0 Å². The number of H-pyrrole nitrogens is 2.